The zero-order valence-electron chi connectivity index (χ0n) is 8.01. The summed E-state index contributed by atoms with van der Waals surface area (Å²) in [4.78, 5) is 0. The Hall–Kier alpha value is 0.0164. The van der Waals surface area contributed by atoms with Crippen molar-refractivity contribution >= 4 is 29.6 Å². The first-order chi connectivity index (χ1) is 6.79. The van der Waals surface area contributed by atoms with Gasteiger partial charge in [-0.15, -0.1) is 22.2 Å². The van der Waals surface area contributed by atoms with Crippen LogP contribution in [-0.4, -0.2) is 7.42 Å². The number of rotatable bonds is 2. The molecule has 2 aromatic carbocycles. The molecule has 2 aromatic rings. The molecule has 0 atom stereocenters. The Kier molecular flexibility index (Phi) is 9.27. The van der Waals surface area contributed by atoms with Gasteiger partial charge < -0.3 is 0 Å². The standard InChI is InChI=1S/C6H6Cl2Si.C5H5.Fe/c7-9(8)5-6-3-1-2-4-6;1-2-4-5-3-1;/h1-4H,5H2;1-5H;/q2*-1;+2. The molecular weight excluding hydrogens is 287 g/mol. The quantitative estimate of drug-likeness (QED) is 0.449. The monoisotopic (exact) mass is 297 g/mol. The average Bonchev–Trinajstić information content (AvgIpc) is 2.75. The third kappa shape index (κ3) is 7.89. The number of hydrogen-bond donors (Lipinski definition) is 0. The van der Waals surface area contributed by atoms with Crippen molar-refractivity contribution < 1.29 is 17.1 Å². The van der Waals surface area contributed by atoms with Gasteiger partial charge >= 0.3 is 17.1 Å². The van der Waals surface area contributed by atoms with Gasteiger partial charge in [0.25, 0.3) is 7.42 Å². The van der Waals surface area contributed by atoms with Crippen LogP contribution in [-0.2, 0) is 23.1 Å². The maximum absolute atomic E-state index is 5.64. The van der Waals surface area contributed by atoms with E-state index in [1.54, 1.807) is 0 Å². The minimum Gasteiger partial charge on any atom is -0.214 e. The first-order valence-electron chi connectivity index (χ1n) is 4.33. The van der Waals surface area contributed by atoms with Crippen LogP contribution < -0.4 is 0 Å². The first kappa shape index (κ1) is 15.0. The van der Waals surface area contributed by atoms with E-state index in [2.05, 4.69) is 0 Å². The second-order valence-electron chi connectivity index (χ2n) is 2.77. The molecule has 4 heteroatoms. The van der Waals surface area contributed by atoms with E-state index in [0.29, 0.717) is 0 Å². The van der Waals surface area contributed by atoms with Gasteiger partial charge in [0.15, 0.2) is 0 Å². The summed E-state index contributed by atoms with van der Waals surface area (Å²) in [6.07, 6.45) is 0. The SMILES string of the molecule is Cl[Si](Cl)C[c-]1cccc1.[Fe+2].c1cc[cH-]c1. The molecule has 0 aliphatic rings. The zero-order chi connectivity index (χ0) is 10.2. The maximum Gasteiger partial charge on any atom is 2.00 e. The average molecular weight is 298 g/mol. The van der Waals surface area contributed by atoms with Crippen LogP contribution in [0.2, 0.25) is 0 Å². The molecule has 0 bridgehead atoms. The van der Waals surface area contributed by atoms with E-state index in [9.17, 15) is 0 Å². The van der Waals surface area contributed by atoms with E-state index in [1.807, 2.05) is 54.6 Å². The molecule has 0 aliphatic heterocycles. The van der Waals surface area contributed by atoms with Crippen molar-refractivity contribution in [3.8, 4) is 0 Å². The van der Waals surface area contributed by atoms with Gasteiger partial charge in [0, 0.05) is 0 Å². The third-order valence-electron chi connectivity index (χ3n) is 1.63. The summed E-state index contributed by atoms with van der Waals surface area (Å²) in [5, 5.41) is 0. The largest absolute Gasteiger partial charge is 2.00 e. The van der Waals surface area contributed by atoms with Crippen LogP contribution in [0.1, 0.15) is 5.56 Å². The summed E-state index contributed by atoms with van der Waals surface area (Å²) in [7, 11) is -1.11. The van der Waals surface area contributed by atoms with Gasteiger partial charge in [-0.1, -0.05) is 6.04 Å². The van der Waals surface area contributed by atoms with Gasteiger partial charge in [-0.05, 0) is 0 Å². The topological polar surface area (TPSA) is 0 Å². The molecule has 1 radical (unpaired) electrons. The van der Waals surface area contributed by atoms with Gasteiger partial charge in [-0.25, -0.2) is 24.3 Å². The Labute approximate surface area is 112 Å². The van der Waals surface area contributed by atoms with Gasteiger partial charge in [-0.2, -0.15) is 35.9 Å². The van der Waals surface area contributed by atoms with E-state index in [4.69, 9.17) is 22.2 Å². The van der Waals surface area contributed by atoms with Crippen molar-refractivity contribution in [3.05, 3.63) is 60.2 Å². The van der Waals surface area contributed by atoms with Crippen LogP contribution in [0.25, 0.3) is 0 Å². The van der Waals surface area contributed by atoms with Crippen LogP contribution in [0.4, 0.5) is 0 Å². The van der Waals surface area contributed by atoms with Gasteiger partial charge in [-0.3, -0.25) is 0 Å². The van der Waals surface area contributed by atoms with Crippen molar-refractivity contribution in [2.45, 2.75) is 6.04 Å². The van der Waals surface area contributed by atoms with Gasteiger partial charge in [0.05, 0.1) is 0 Å². The second kappa shape index (κ2) is 9.26. The van der Waals surface area contributed by atoms with Crippen LogP contribution in [0, 0.1) is 0 Å². The molecule has 0 saturated heterocycles. The summed E-state index contributed by atoms with van der Waals surface area (Å²) >= 11 is 11.3. The smallest absolute Gasteiger partial charge is 0.214 e. The van der Waals surface area contributed by atoms with E-state index in [-0.39, 0.29) is 17.1 Å². The predicted octanol–water partition coefficient (Wildman–Crippen LogP) is 3.86. The van der Waals surface area contributed by atoms with Crippen molar-refractivity contribution in [1.29, 1.82) is 0 Å². The normalized spacial score (nSPS) is 9.00. The summed E-state index contributed by atoms with van der Waals surface area (Å²) in [5.74, 6) is 0. The summed E-state index contributed by atoms with van der Waals surface area (Å²) in [5.41, 5.74) is 1.24. The molecule has 81 valence electrons. The third-order valence-corrected chi connectivity index (χ3v) is 3.10. The van der Waals surface area contributed by atoms with Crippen molar-refractivity contribution in [2.75, 3.05) is 0 Å². The van der Waals surface area contributed by atoms with Crippen molar-refractivity contribution in [3.63, 3.8) is 0 Å². The molecule has 0 N–H and O–H groups in total. The number of hydrogen-bond acceptors (Lipinski definition) is 0. The summed E-state index contributed by atoms with van der Waals surface area (Å²) < 4.78 is 0. The predicted molar refractivity (Wildman–Crippen MR) is 65.2 cm³/mol. The fourth-order valence-corrected chi connectivity index (χ4v) is 2.48. The Morgan fingerprint density at radius 1 is 1.00 bits per heavy atom. The Balaban J connectivity index is 0.000000280. The van der Waals surface area contributed by atoms with E-state index >= 15 is 0 Å². The van der Waals surface area contributed by atoms with Crippen molar-refractivity contribution in [2.24, 2.45) is 0 Å². The van der Waals surface area contributed by atoms with Gasteiger partial charge in [0.2, 0.25) is 0 Å². The van der Waals surface area contributed by atoms with Crippen LogP contribution in [0.15, 0.2) is 54.6 Å². The number of halogens is 2. The molecule has 0 saturated carbocycles. The second-order valence-corrected chi connectivity index (χ2v) is 7.12. The molecule has 2 rings (SSSR count). The molecule has 0 fully saturated rings. The molecule has 0 amide bonds. The van der Waals surface area contributed by atoms with Gasteiger partial charge in [0.1, 0.15) is 0 Å². The van der Waals surface area contributed by atoms with E-state index < -0.39 is 7.42 Å². The molecule has 15 heavy (non-hydrogen) atoms. The molecule has 0 aromatic heterocycles. The summed E-state index contributed by atoms with van der Waals surface area (Å²) in [6.45, 7) is 0. The van der Waals surface area contributed by atoms with Crippen LogP contribution >= 0.6 is 22.2 Å². The molecule has 0 heterocycles. The van der Waals surface area contributed by atoms with E-state index in [0.717, 1.165) is 6.04 Å². The zero-order valence-corrected chi connectivity index (χ0v) is 11.6. The Morgan fingerprint density at radius 2 is 1.53 bits per heavy atom. The fourth-order valence-electron chi connectivity index (χ4n) is 1.01. The fraction of sp³-hybridized carbons (Fsp3) is 0.0909. The molecule has 0 unspecified atom stereocenters. The van der Waals surface area contributed by atoms with Crippen LogP contribution in [0.3, 0.4) is 0 Å². The first-order valence-corrected chi connectivity index (χ1v) is 8.06. The molecule has 0 nitrogen and oxygen atoms in total. The maximum atomic E-state index is 5.64. The Morgan fingerprint density at radius 3 is 1.87 bits per heavy atom. The molecule has 0 spiro atoms. The molecular formula is C11H11Cl2FeSi. The summed E-state index contributed by atoms with van der Waals surface area (Å²) in [6, 6.07) is 18.9. The Bertz CT molecular complexity index is 286. The van der Waals surface area contributed by atoms with Crippen LogP contribution in [0.5, 0.6) is 0 Å². The minimum atomic E-state index is -1.11. The molecule has 0 aliphatic carbocycles. The van der Waals surface area contributed by atoms with Crippen molar-refractivity contribution in [1.82, 2.24) is 0 Å². The minimum absolute atomic E-state index is 0. The van der Waals surface area contributed by atoms with E-state index in [1.165, 1.54) is 5.56 Å².